The molecule has 0 radical (unpaired) electrons. The molecular weight excluding hydrogens is 364 g/mol. The van der Waals surface area contributed by atoms with E-state index in [9.17, 15) is 24.3 Å². The molecule has 0 saturated carbocycles. The highest BCUT2D eigenvalue weighted by atomic mass is 16.3. The largest absolute Gasteiger partial charge is 0.386 e. The molecule has 1 unspecified atom stereocenters. The quantitative estimate of drug-likeness (QED) is 0.547. The molecule has 4 rings (SSSR count). The van der Waals surface area contributed by atoms with E-state index >= 15 is 0 Å². The summed E-state index contributed by atoms with van der Waals surface area (Å²) in [4.78, 5) is 52.3. The van der Waals surface area contributed by atoms with Crippen LogP contribution in [0.3, 0.4) is 0 Å². The molecule has 0 aliphatic carbocycles. The van der Waals surface area contributed by atoms with Crippen molar-refractivity contribution in [1.29, 1.82) is 0 Å². The Hall–Kier alpha value is -2.62. The minimum atomic E-state index is -0.975. The first-order valence-corrected chi connectivity index (χ1v) is 9.24. The van der Waals surface area contributed by atoms with Crippen LogP contribution in [0.5, 0.6) is 0 Å². The van der Waals surface area contributed by atoms with Crippen molar-refractivity contribution in [3.05, 3.63) is 34.9 Å². The molecule has 3 aliphatic heterocycles. The van der Waals surface area contributed by atoms with E-state index in [2.05, 4.69) is 10.6 Å². The molecule has 1 atom stereocenters. The Morgan fingerprint density at radius 1 is 1.21 bits per heavy atom. The third-order valence-electron chi connectivity index (χ3n) is 5.47. The number of carbonyl (C=O) groups is 4. The lowest BCUT2D eigenvalue weighted by atomic mass is 9.96. The number of benzene rings is 1. The van der Waals surface area contributed by atoms with E-state index in [1.807, 2.05) is 11.9 Å². The number of fused-ring (bicyclic) bond motifs is 1. The van der Waals surface area contributed by atoms with E-state index in [0.29, 0.717) is 37.3 Å². The predicted octanol–water partition coefficient (Wildman–Crippen LogP) is -1.15. The van der Waals surface area contributed by atoms with Gasteiger partial charge in [-0.1, -0.05) is 12.1 Å². The molecule has 9 heteroatoms. The van der Waals surface area contributed by atoms with Gasteiger partial charge in [-0.2, -0.15) is 0 Å². The normalized spacial score (nSPS) is 23.7. The fourth-order valence-electron chi connectivity index (χ4n) is 4.09. The van der Waals surface area contributed by atoms with Gasteiger partial charge in [0.15, 0.2) is 0 Å². The number of amides is 4. The Bertz CT molecular complexity index is 879. The zero-order chi connectivity index (χ0) is 20.1. The number of rotatable bonds is 5. The van der Waals surface area contributed by atoms with Gasteiger partial charge in [-0.15, -0.1) is 0 Å². The molecular formula is C19H22N4O5. The third kappa shape index (κ3) is 3.11. The van der Waals surface area contributed by atoms with E-state index in [0.717, 1.165) is 4.90 Å². The molecule has 2 saturated heterocycles. The van der Waals surface area contributed by atoms with Gasteiger partial charge in [0, 0.05) is 32.6 Å². The van der Waals surface area contributed by atoms with Crippen molar-refractivity contribution in [2.45, 2.75) is 31.0 Å². The number of β-amino-alcohol motifs (C(OH)–C–C–N with tert-alkyl or cyclic N) is 1. The van der Waals surface area contributed by atoms with E-state index in [1.54, 1.807) is 18.2 Å². The van der Waals surface area contributed by atoms with Gasteiger partial charge in [0.2, 0.25) is 11.8 Å². The highest BCUT2D eigenvalue weighted by molar-refractivity contribution is 6.24. The summed E-state index contributed by atoms with van der Waals surface area (Å²) in [5, 5.41) is 15.5. The summed E-state index contributed by atoms with van der Waals surface area (Å²) in [6.45, 7) is 1.85. The van der Waals surface area contributed by atoms with E-state index in [4.69, 9.17) is 0 Å². The average Bonchev–Trinajstić information content (AvgIpc) is 2.86. The molecule has 3 heterocycles. The Kier molecular flexibility index (Phi) is 4.53. The van der Waals surface area contributed by atoms with Gasteiger partial charge >= 0.3 is 0 Å². The van der Waals surface area contributed by atoms with Crippen molar-refractivity contribution in [3.8, 4) is 0 Å². The fourth-order valence-corrected chi connectivity index (χ4v) is 4.09. The predicted molar refractivity (Wildman–Crippen MR) is 97.3 cm³/mol. The third-order valence-corrected chi connectivity index (χ3v) is 5.47. The maximum Gasteiger partial charge on any atom is 0.262 e. The summed E-state index contributed by atoms with van der Waals surface area (Å²) in [7, 11) is 1.84. The van der Waals surface area contributed by atoms with Gasteiger partial charge < -0.3 is 10.4 Å². The molecule has 4 amide bonds. The lowest BCUT2D eigenvalue weighted by Gasteiger charge is -2.40. The van der Waals surface area contributed by atoms with Crippen molar-refractivity contribution in [2.75, 3.05) is 26.7 Å². The number of hydrogen-bond acceptors (Lipinski definition) is 7. The standard InChI is InChI=1S/C19H22N4O5/c1-22(10-19(28)8-20-9-19)7-11-3-2-4-12-15(11)18(27)23(17(12)26)13-5-6-14(24)21-16(13)25/h2-4,13,20,28H,5-10H2,1H3,(H,21,24,25). The smallest absolute Gasteiger partial charge is 0.262 e. The van der Waals surface area contributed by atoms with Crippen molar-refractivity contribution in [2.24, 2.45) is 0 Å². The molecule has 0 aromatic heterocycles. The zero-order valence-corrected chi connectivity index (χ0v) is 15.5. The van der Waals surface area contributed by atoms with Gasteiger partial charge in [0.25, 0.3) is 11.8 Å². The van der Waals surface area contributed by atoms with Gasteiger partial charge in [0.1, 0.15) is 11.6 Å². The molecule has 2 fully saturated rings. The molecule has 9 nitrogen and oxygen atoms in total. The van der Waals surface area contributed by atoms with Crippen LogP contribution in [0.1, 0.15) is 39.1 Å². The molecule has 0 spiro atoms. The summed E-state index contributed by atoms with van der Waals surface area (Å²) in [6.07, 6.45) is 0.220. The minimum absolute atomic E-state index is 0.0893. The van der Waals surface area contributed by atoms with Crippen molar-refractivity contribution < 1.29 is 24.3 Å². The van der Waals surface area contributed by atoms with Crippen molar-refractivity contribution in [3.63, 3.8) is 0 Å². The van der Waals surface area contributed by atoms with Crippen LogP contribution >= 0.6 is 0 Å². The topological polar surface area (TPSA) is 119 Å². The van der Waals surface area contributed by atoms with Crippen LogP contribution in [-0.4, -0.2) is 76.9 Å². The molecule has 1 aromatic rings. The summed E-state index contributed by atoms with van der Waals surface area (Å²) in [5.74, 6) is -2.05. The number of likely N-dealkylation sites (N-methyl/N-ethyl adjacent to an activating group) is 1. The maximum atomic E-state index is 13.1. The van der Waals surface area contributed by atoms with E-state index in [1.165, 1.54) is 0 Å². The lowest BCUT2D eigenvalue weighted by molar-refractivity contribution is -0.136. The van der Waals surface area contributed by atoms with Gasteiger partial charge in [-0.25, -0.2) is 0 Å². The molecule has 3 N–H and O–H groups in total. The van der Waals surface area contributed by atoms with Crippen LogP contribution in [0, 0.1) is 0 Å². The van der Waals surface area contributed by atoms with Crippen LogP contribution in [0.2, 0.25) is 0 Å². The second kappa shape index (κ2) is 6.77. The Morgan fingerprint density at radius 2 is 1.96 bits per heavy atom. The maximum absolute atomic E-state index is 13.1. The number of aliphatic hydroxyl groups is 1. The summed E-state index contributed by atoms with van der Waals surface area (Å²) >= 11 is 0. The highest BCUT2D eigenvalue weighted by Crippen LogP contribution is 2.30. The van der Waals surface area contributed by atoms with Crippen LogP contribution < -0.4 is 10.6 Å². The van der Waals surface area contributed by atoms with Gasteiger partial charge in [-0.3, -0.25) is 34.3 Å². The fraction of sp³-hybridized carbons (Fsp3) is 0.474. The summed E-state index contributed by atoms with van der Waals surface area (Å²) in [6, 6.07) is 4.09. The first-order chi connectivity index (χ1) is 13.3. The van der Waals surface area contributed by atoms with Gasteiger partial charge in [-0.05, 0) is 25.1 Å². The molecule has 148 valence electrons. The molecule has 3 aliphatic rings. The van der Waals surface area contributed by atoms with E-state index < -0.39 is 35.3 Å². The monoisotopic (exact) mass is 386 g/mol. The number of nitrogens with one attached hydrogen (secondary N) is 2. The number of piperidine rings is 1. The molecule has 0 bridgehead atoms. The summed E-state index contributed by atoms with van der Waals surface area (Å²) in [5.41, 5.74) is 0.446. The summed E-state index contributed by atoms with van der Waals surface area (Å²) < 4.78 is 0. The van der Waals surface area contributed by atoms with Crippen LogP contribution in [0.25, 0.3) is 0 Å². The van der Waals surface area contributed by atoms with Gasteiger partial charge in [0.05, 0.1) is 11.1 Å². The minimum Gasteiger partial charge on any atom is -0.386 e. The van der Waals surface area contributed by atoms with Crippen molar-refractivity contribution in [1.82, 2.24) is 20.4 Å². The van der Waals surface area contributed by atoms with Crippen LogP contribution in [0.15, 0.2) is 18.2 Å². The number of nitrogens with zero attached hydrogens (tertiary/aromatic N) is 2. The van der Waals surface area contributed by atoms with Crippen molar-refractivity contribution >= 4 is 23.6 Å². The number of hydrogen-bond donors (Lipinski definition) is 3. The molecule has 28 heavy (non-hydrogen) atoms. The average molecular weight is 386 g/mol. The SMILES string of the molecule is CN(Cc1cccc2c1C(=O)N(C1CCC(=O)NC1=O)C2=O)CC1(O)CNC1. The molecule has 1 aromatic carbocycles. The number of imide groups is 2. The van der Waals surface area contributed by atoms with Crippen LogP contribution in [0.4, 0.5) is 0 Å². The Balaban J connectivity index is 1.57. The first-order valence-electron chi connectivity index (χ1n) is 9.24. The van der Waals surface area contributed by atoms with Crippen LogP contribution in [-0.2, 0) is 16.1 Å². The van der Waals surface area contributed by atoms with E-state index in [-0.39, 0.29) is 18.4 Å². The Labute approximate surface area is 161 Å². The Morgan fingerprint density at radius 3 is 2.61 bits per heavy atom. The second-order valence-electron chi connectivity index (χ2n) is 7.79. The lowest BCUT2D eigenvalue weighted by Crippen LogP contribution is -2.64. The highest BCUT2D eigenvalue weighted by Gasteiger charge is 2.45. The second-order valence-corrected chi connectivity index (χ2v) is 7.79. The zero-order valence-electron chi connectivity index (χ0n) is 15.5. The first kappa shape index (κ1) is 18.7. The number of carbonyl (C=O) groups excluding carboxylic acids is 4.